The Morgan fingerprint density at radius 3 is 2.62 bits per heavy atom. The average Bonchev–Trinajstić information content (AvgIpc) is 2.53. The van der Waals surface area contributed by atoms with E-state index in [1.54, 1.807) is 0 Å². The van der Waals surface area contributed by atoms with Crippen molar-refractivity contribution in [2.45, 2.75) is 25.8 Å². The van der Waals surface area contributed by atoms with Crippen LogP contribution in [-0.2, 0) is 4.74 Å². The standard InChI is InChI=1S/C17H25ClN2O/c1-13-3-2-4-15(18)16(13)17(14-5-11-21-12-6-14)20-9-7-19-8-10-20/h2-4,14,17,19H,5-12H2,1H3/t17-/m0/s1. The third kappa shape index (κ3) is 3.42. The van der Waals surface area contributed by atoms with Crippen molar-refractivity contribution in [3.05, 3.63) is 34.3 Å². The lowest BCUT2D eigenvalue weighted by atomic mass is 9.84. The van der Waals surface area contributed by atoms with Crippen molar-refractivity contribution in [3.8, 4) is 0 Å². The number of rotatable bonds is 3. The Balaban J connectivity index is 1.94. The van der Waals surface area contributed by atoms with Crippen LogP contribution in [0.4, 0.5) is 0 Å². The molecule has 0 aromatic heterocycles. The quantitative estimate of drug-likeness (QED) is 0.929. The van der Waals surface area contributed by atoms with Crippen LogP contribution in [0.5, 0.6) is 0 Å². The van der Waals surface area contributed by atoms with Gasteiger partial charge in [-0.1, -0.05) is 23.7 Å². The van der Waals surface area contributed by atoms with Gasteiger partial charge in [0.15, 0.2) is 0 Å². The molecule has 3 nitrogen and oxygen atoms in total. The van der Waals surface area contributed by atoms with E-state index in [0.29, 0.717) is 12.0 Å². The number of aryl methyl sites for hydroxylation is 1. The summed E-state index contributed by atoms with van der Waals surface area (Å²) >= 11 is 6.59. The molecule has 2 heterocycles. The molecular formula is C17H25ClN2O. The Kier molecular flexibility index (Phi) is 5.17. The van der Waals surface area contributed by atoms with Crippen LogP contribution < -0.4 is 5.32 Å². The fraction of sp³-hybridized carbons (Fsp3) is 0.647. The van der Waals surface area contributed by atoms with Crippen molar-refractivity contribution in [2.75, 3.05) is 39.4 Å². The molecule has 0 unspecified atom stereocenters. The van der Waals surface area contributed by atoms with Crippen molar-refractivity contribution in [1.82, 2.24) is 10.2 Å². The van der Waals surface area contributed by atoms with Gasteiger partial charge in [0.25, 0.3) is 0 Å². The number of piperazine rings is 1. The van der Waals surface area contributed by atoms with Crippen LogP contribution in [0.1, 0.15) is 30.0 Å². The second-order valence-corrected chi connectivity index (χ2v) is 6.56. The van der Waals surface area contributed by atoms with Gasteiger partial charge in [-0.3, -0.25) is 4.90 Å². The maximum atomic E-state index is 6.59. The van der Waals surface area contributed by atoms with E-state index in [2.05, 4.69) is 29.3 Å². The highest BCUT2D eigenvalue weighted by molar-refractivity contribution is 6.31. The smallest absolute Gasteiger partial charge is 0.0469 e. The average molecular weight is 309 g/mol. The molecule has 116 valence electrons. The molecule has 3 rings (SSSR count). The minimum absolute atomic E-state index is 0.435. The Labute approximate surface area is 132 Å². The second-order valence-electron chi connectivity index (χ2n) is 6.15. The first-order valence-electron chi connectivity index (χ1n) is 8.05. The van der Waals surface area contributed by atoms with Crippen molar-refractivity contribution in [2.24, 2.45) is 5.92 Å². The molecule has 0 saturated carbocycles. The monoisotopic (exact) mass is 308 g/mol. The lowest BCUT2D eigenvalue weighted by molar-refractivity contribution is 0.0211. The van der Waals surface area contributed by atoms with Crippen molar-refractivity contribution >= 4 is 11.6 Å². The maximum absolute atomic E-state index is 6.59. The molecule has 2 saturated heterocycles. The Bertz CT molecular complexity index is 430. The van der Waals surface area contributed by atoms with Crippen LogP contribution in [0.2, 0.25) is 5.02 Å². The minimum Gasteiger partial charge on any atom is -0.381 e. The van der Waals surface area contributed by atoms with Crippen LogP contribution in [0, 0.1) is 12.8 Å². The zero-order valence-electron chi connectivity index (χ0n) is 12.8. The molecule has 4 heteroatoms. The van der Waals surface area contributed by atoms with Gasteiger partial charge in [-0.15, -0.1) is 0 Å². The normalized spacial score (nSPS) is 23.1. The molecule has 1 aromatic rings. The van der Waals surface area contributed by atoms with Crippen LogP contribution in [0.25, 0.3) is 0 Å². The van der Waals surface area contributed by atoms with Crippen molar-refractivity contribution in [1.29, 1.82) is 0 Å². The van der Waals surface area contributed by atoms with E-state index in [-0.39, 0.29) is 0 Å². The van der Waals surface area contributed by atoms with Crippen LogP contribution in [0.15, 0.2) is 18.2 Å². The zero-order valence-corrected chi connectivity index (χ0v) is 13.5. The lowest BCUT2D eigenvalue weighted by Crippen LogP contribution is -2.47. The number of halogens is 1. The van der Waals surface area contributed by atoms with Crippen LogP contribution >= 0.6 is 11.6 Å². The summed E-state index contributed by atoms with van der Waals surface area (Å²) in [6.07, 6.45) is 2.28. The molecule has 1 N–H and O–H groups in total. The largest absolute Gasteiger partial charge is 0.381 e. The van der Waals surface area contributed by atoms with Gasteiger partial charge in [-0.2, -0.15) is 0 Å². The summed E-state index contributed by atoms with van der Waals surface area (Å²) < 4.78 is 5.57. The van der Waals surface area contributed by atoms with E-state index in [1.165, 1.54) is 11.1 Å². The first kappa shape index (κ1) is 15.3. The Morgan fingerprint density at radius 1 is 1.24 bits per heavy atom. The lowest BCUT2D eigenvalue weighted by Gasteiger charge is -2.42. The van der Waals surface area contributed by atoms with Crippen molar-refractivity contribution in [3.63, 3.8) is 0 Å². The molecule has 1 aromatic carbocycles. The molecule has 0 bridgehead atoms. The molecule has 0 aliphatic carbocycles. The topological polar surface area (TPSA) is 24.5 Å². The molecule has 2 aliphatic rings. The summed E-state index contributed by atoms with van der Waals surface area (Å²) in [5, 5.41) is 4.38. The summed E-state index contributed by atoms with van der Waals surface area (Å²) in [6, 6.07) is 6.72. The second kappa shape index (κ2) is 7.10. The summed E-state index contributed by atoms with van der Waals surface area (Å²) in [6.45, 7) is 8.31. The van der Waals surface area contributed by atoms with Gasteiger partial charge in [-0.25, -0.2) is 0 Å². The molecule has 2 fully saturated rings. The van der Waals surface area contributed by atoms with E-state index in [9.17, 15) is 0 Å². The van der Waals surface area contributed by atoms with Gasteiger partial charge in [0.2, 0.25) is 0 Å². The molecule has 2 aliphatic heterocycles. The SMILES string of the molecule is Cc1cccc(Cl)c1[C@H](C1CCOCC1)N1CCNCC1. The summed E-state index contributed by atoms with van der Waals surface area (Å²) in [5.74, 6) is 0.649. The van der Waals surface area contributed by atoms with Gasteiger partial charge in [0.1, 0.15) is 0 Å². The minimum atomic E-state index is 0.435. The van der Waals surface area contributed by atoms with Crippen molar-refractivity contribution < 1.29 is 4.74 Å². The number of hydrogen-bond donors (Lipinski definition) is 1. The number of nitrogens with one attached hydrogen (secondary N) is 1. The summed E-state index contributed by atoms with van der Waals surface area (Å²) in [4.78, 5) is 2.63. The zero-order chi connectivity index (χ0) is 14.7. The molecular weight excluding hydrogens is 284 g/mol. The van der Waals surface area contributed by atoms with Gasteiger partial charge < -0.3 is 10.1 Å². The third-order valence-electron chi connectivity index (χ3n) is 4.82. The number of nitrogens with zero attached hydrogens (tertiary/aromatic N) is 1. The van der Waals surface area contributed by atoms with E-state index >= 15 is 0 Å². The molecule has 0 amide bonds. The third-order valence-corrected chi connectivity index (χ3v) is 5.15. The first-order chi connectivity index (χ1) is 10.3. The van der Waals surface area contributed by atoms with Crippen LogP contribution in [0.3, 0.4) is 0 Å². The fourth-order valence-electron chi connectivity index (χ4n) is 3.73. The van der Waals surface area contributed by atoms with Gasteiger partial charge in [0, 0.05) is 50.5 Å². The van der Waals surface area contributed by atoms with Gasteiger partial charge in [0.05, 0.1) is 0 Å². The highest BCUT2D eigenvalue weighted by atomic mass is 35.5. The van der Waals surface area contributed by atoms with E-state index in [0.717, 1.165) is 57.3 Å². The highest BCUT2D eigenvalue weighted by Crippen LogP contribution is 2.39. The number of benzene rings is 1. The van der Waals surface area contributed by atoms with E-state index < -0.39 is 0 Å². The predicted molar refractivity (Wildman–Crippen MR) is 86.9 cm³/mol. The molecule has 0 radical (unpaired) electrons. The fourth-order valence-corrected chi connectivity index (χ4v) is 4.06. The predicted octanol–water partition coefficient (Wildman–Crippen LogP) is 3.02. The molecule has 21 heavy (non-hydrogen) atoms. The number of hydrogen-bond acceptors (Lipinski definition) is 3. The van der Waals surface area contributed by atoms with E-state index in [1.807, 2.05) is 6.07 Å². The van der Waals surface area contributed by atoms with Crippen LogP contribution in [-0.4, -0.2) is 44.3 Å². The molecule has 1 atom stereocenters. The summed E-state index contributed by atoms with van der Waals surface area (Å²) in [5.41, 5.74) is 2.66. The van der Waals surface area contributed by atoms with Gasteiger partial charge in [-0.05, 0) is 42.9 Å². The first-order valence-corrected chi connectivity index (χ1v) is 8.42. The Hall–Kier alpha value is -0.610. The summed E-state index contributed by atoms with van der Waals surface area (Å²) in [7, 11) is 0. The maximum Gasteiger partial charge on any atom is 0.0469 e. The van der Waals surface area contributed by atoms with E-state index in [4.69, 9.17) is 16.3 Å². The number of ether oxygens (including phenoxy) is 1. The molecule has 0 spiro atoms. The van der Waals surface area contributed by atoms with Gasteiger partial charge >= 0.3 is 0 Å². The highest BCUT2D eigenvalue weighted by Gasteiger charge is 2.33. The Morgan fingerprint density at radius 2 is 1.95 bits per heavy atom.